The molecule has 1 aliphatic carbocycles. The van der Waals surface area contributed by atoms with Crippen LogP contribution in [0.5, 0.6) is 0 Å². The number of fused-ring (bicyclic) bond motifs is 3. The number of carbonyl (C=O) groups is 2. The van der Waals surface area contributed by atoms with Crippen molar-refractivity contribution in [2.75, 3.05) is 7.11 Å². The lowest BCUT2D eigenvalue weighted by molar-refractivity contribution is -0.139. The number of carbonyl (C=O) groups excluding carboxylic acids is 1. The molecule has 1 aromatic heterocycles. The molecule has 2 atom stereocenters. The number of aromatic nitrogens is 1. The maximum atomic E-state index is 14.0. The average molecular weight is 563 g/mol. The molecule has 0 radical (unpaired) electrons. The van der Waals surface area contributed by atoms with Crippen LogP contribution in [0.1, 0.15) is 71.8 Å². The van der Waals surface area contributed by atoms with Gasteiger partial charge in [0.15, 0.2) is 0 Å². The lowest BCUT2D eigenvalue weighted by Crippen LogP contribution is -2.21. The topological polar surface area (TPSA) is 129 Å². The summed E-state index contributed by atoms with van der Waals surface area (Å²) in [6.07, 6.45) is 2.70. The molecule has 41 heavy (non-hydrogen) atoms. The molecule has 9 heteroatoms. The van der Waals surface area contributed by atoms with Gasteiger partial charge in [-0.3, -0.25) is 19.4 Å². The Kier molecular flexibility index (Phi) is 9.65. The van der Waals surface area contributed by atoms with E-state index in [-0.39, 0.29) is 24.1 Å². The maximum absolute atomic E-state index is 14.0. The molecule has 8 nitrogen and oxygen atoms in total. The van der Waals surface area contributed by atoms with Gasteiger partial charge in [0.2, 0.25) is 0 Å². The van der Waals surface area contributed by atoms with E-state index < -0.39 is 24.6 Å². The van der Waals surface area contributed by atoms with Gasteiger partial charge in [-0.05, 0) is 71.7 Å². The molecule has 3 aromatic rings. The number of halogens is 1. The highest BCUT2D eigenvalue weighted by Crippen LogP contribution is 2.42. The SMILES string of the molecule is CONC(=O)c1ccc2c(c1)-c1nc(C(C)C)c(/C=C/[C@@H](O)C[C@@H](O)CC(=O)O)c(-c3ccc(F)cc3)c1CCC2. The third-order valence-electron chi connectivity index (χ3n) is 7.15. The van der Waals surface area contributed by atoms with Gasteiger partial charge in [0.25, 0.3) is 5.91 Å². The third kappa shape index (κ3) is 7.05. The van der Waals surface area contributed by atoms with Crippen LogP contribution < -0.4 is 5.48 Å². The Labute approximate surface area is 238 Å². The number of carboxylic acids is 1. The number of hydroxylamine groups is 1. The molecule has 1 aliphatic rings. The summed E-state index contributed by atoms with van der Waals surface area (Å²) in [5, 5.41) is 29.6. The van der Waals surface area contributed by atoms with Gasteiger partial charge >= 0.3 is 5.97 Å². The Morgan fingerprint density at radius 3 is 2.51 bits per heavy atom. The van der Waals surface area contributed by atoms with Gasteiger partial charge in [-0.1, -0.05) is 44.2 Å². The predicted molar refractivity (Wildman–Crippen MR) is 154 cm³/mol. The molecular formula is C32H35FN2O6. The molecule has 4 rings (SSSR count). The first-order valence-corrected chi connectivity index (χ1v) is 13.6. The summed E-state index contributed by atoms with van der Waals surface area (Å²) in [5.41, 5.74) is 9.55. The highest BCUT2D eigenvalue weighted by Gasteiger charge is 2.26. The van der Waals surface area contributed by atoms with E-state index >= 15 is 0 Å². The largest absolute Gasteiger partial charge is 0.481 e. The number of hydrogen-bond donors (Lipinski definition) is 4. The minimum Gasteiger partial charge on any atom is -0.481 e. The van der Waals surface area contributed by atoms with E-state index in [2.05, 4.69) is 5.48 Å². The second-order valence-electron chi connectivity index (χ2n) is 10.5. The first-order chi connectivity index (χ1) is 19.6. The fraction of sp³-hybridized carbons (Fsp3) is 0.344. The molecule has 1 amide bonds. The number of rotatable bonds is 10. The summed E-state index contributed by atoms with van der Waals surface area (Å²) >= 11 is 0. The normalized spacial score (nSPS) is 14.3. The van der Waals surface area contributed by atoms with Gasteiger partial charge in [-0.25, -0.2) is 9.87 Å². The van der Waals surface area contributed by atoms with Crippen molar-refractivity contribution in [3.8, 4) is 22.4 Å². The number of amides is 1. The van der Waals surface area contributed by atoms with Crippen LogP contribution in [0.3, 0.4) is 0 Å². The van der Waals surface area contributed by atoms with Crippen molar-refractivity contribution in [2.45, 2.75) is 64.1 Å². The van der Waals surface area contributed by atoms with Crippen molar-refractivity contribution in [2.24, 2.45) is 0 Å². The molecular weight excluding hydrogens is 527 g/mol. The number of carboxylic acid groups (broad SMARTS) is 1. The Hall–Kier alpha value is -3.92. The minimum atomic E-state index is -1.19. The van der Waals surface area contributed by atoms with Gasteiger partial charge in [0.1, 0.15) is 5.82 Å². The van der Waals surface area contributed by atoms with E-state index in [1.54, 1.807) is 24.3 Å². The van der Waals surface area contributed by atoms with Crippen molar-refractivity contribution in [3.63, 3.8) is 0 Å². The molecule has 4 N–H and O–H groups in total. The minimum absolute atomic E-state index is 0.0411. The summed E-state index contributed by atoms with van der Waals surface area (Å²) < 4.78 is 14.0. The summed E-state index contributed by atoms with van der Waals surface area (Å²) in [6, 6.07) is 11.8. The van der Waals surface area contributed by atoms with E-state index in [1.165, 1.54) is 25.3 Å². The van der Waals surface area contributed by atoms with Gasteiger partial charge < -0.3 is 15.3 Å². The zero-order chi connectivity index (χ0) is 29.7. The number of nitrogens with zero attached hydrogens (tertiary/aromatic N) is 1. The van der Waals surface area contributed by atoms with Crippen molar-refractivity contribution in [1.82, 2.24) is 10.5 Å². The van der Waals surface area contributed by atoms with E-state index in [0.29, 0.717) is 12.0 Å². The van der Waals surface area contributed by atoms with Crippen molar-refractivity contribution >= 4 is 18.0 Å². The molecule has 1 heterocycles. The van der Waals surface area contributed by atoms with Crippen LogP contribution in [0.4, 0.5) is 4.39 Å². The Balaban J connectivity index is 1.93. The van der Waals surface area contributed by atoms with E-state index in [9.17, 15) is 24.2 Å². The number of nitrogens with one attached hydrogen (secondary N) is 1. The maximum Gasteiger partial charge on any atom is 0.305 e. The monoisotopic (exact) mass is 562 g/mol. The van der Waals surface area contributed by atoms with E-state index in [4.69, 9.17) is 14.9 Å². The van der Waals surface area contributed by atoms with E-state index in [0.717, 1.165) is 57.6 Å². The molecule has 216 valence electrons. The summed E-state index contributed by atoms with van der Waals surface area (Å²) in [4.78, 5) is 33.5. The second-order valence-corrected chi connectivity index (χ2v) is 10.5. The number of hydrogen-bond acceptors (Lipinski definition) is 6. The quantitative estimate of drug-likeness (QED) is 0.254. The Bertz CT molecular complexity index is 1450. The molecule has 2 aromatic carbocycles. The van der Waals surface area contributed by atoms with Crippen molar-refractivity contribution in [3.05, 3.63) is 82.3 Å². The highest BCUT2D eigenvalue weighted by molar-refractivity contribution is 5.95. The summed E-state index contributed by atoms with van der Waals surface area (Å²) in [7, 11) is 1.38. The fourth-order valence-corrected chi connectivity index (χ4v) is 5.29. The smallest absolute Gasteiger partial charge is 0.305 e. The number of aliphatic hydroxyl groups excluding tert-OH is 2. The van der Waals surface area contributed by atoms with Crippen LogP contribution in [0.25, 0.3) is 28.5 Å². The number of aliphatic hydroxyl groups is 2. The zero-order valence-electron chi connectivity index (χ0n) is 23.4. The van der Waals surface area contributed by atoms with Crippen LogP contribution in [-0.4, -0.2) is 51.5 Å². The average Bonchev–Trinajstić information content (AvgIpc) is 3.10. The summed E-state index contributed by atoms with van der Waals surface area (Å²) in [5.74, 6) is -1.92. The van der Waals surface area contributed by atoms with Crippen LogP contribution in [0, 0.1) is 5.82 Å². The van der Waals surface area contributed by atoms with Gasteiger partial charge in [0, 0.05) is 23.1 Å². The number of aryl methyl sites for hydroxylation is 1. The van der Waals surface area contributed by atoms with Crippen molar-refractivity contribution in [1.29, 1.82) is 0 Å². The van der Waals surface area contributed by atoms with Crippen LogP contribution in [-0.2, 0) is 22.5 Å². The molecule has 0 bridgehead atoms. The number of pyridine rings is 1. The number of benzene rings is 2. The Morgan fingerprint density at radius 1 is 1.12 bits per heavy atom. The molecule has 0 aliphatic heterocycles. The van der Waals surface area contributed by atoms with Crippen LogP contribution in [0.2, 0.25) is 0 Å². The first kappa shape index (κ1) is 30.0. The lowest BCUT2D eigenvalue weighted by Gasteiger charge is -2.22. The predicted octanol–water partition coefficient (Wildman–Crippen LogP) is 5.06. The highest BCUT2D eigenvalue weighted by atomic mass is 19.1. The molecule has 0 unspecified atom stereocenters. The molecule has 0 saturated heterocycles. The summed E-state index contributed by atoms with van der Waals surface area (Å²) in [6.45, 7) is 4.02. The van der Waals surface area contributed by atoms with E-state index in [1.807, 2.05) is 26.0 Å². The van der Waals surface area contributed by atoms with Gasteiger partial charge in [-0.15, -0.1) is 0 Å². The zero-order valence-corrected chi connectivity index (χ0v) is 23.4. The van der Waals surface area contributed by atoms with Gasteiger partial charge in [0.05, 0.1) is 37.1 Å². The second kappa shape index (κ2) is 13.2. The fourth-order valence-electron chi connectivity index (χ4n) is 5.29. The van der Waals surface area contributed by atoms with Crippen molar-refractivity contribution < 1.29 is 34.1 Å². The number of aliphatic carboxylic acids is 1. The molecule has 0 spiro atoms. The third-order valence-corrected chi connectivity index (χ3v) is 7.15. The molecule has 0 fully saturated rings. The van der Waals surface area contributed by atoms with Gasteiger partial charge in [-0.2, -0.15) is 0 Å². The molecule has 0 saturated carbocycles. The lowest BCUT2D eigenvalue weighted by atomic mass is 9.86. The van der Waals surface area contributed by atoms with Crippen LogP contribution in [0.15, 0.2) is 48.5 Å². The van der Waals surface area contributed by atoms with Crippen LogP contribution >= 0.6 is 0 Å². The standard InChI is InChI=1S/C32H35FN2O6/c1-18(2)30-26(14-13-23(36)16-24(37)17-28(38)39)29(20-9-11-22(33)12-10-20)25-6-4-5-19-7-8-21(32(40)35-41-3)15-27(19)31(25)34-30/h7-15,18,23-24,36-37H,4-6,16-17H2,1-3H3,(H,35,40)(H,38,39)/b14-13+/t23-,24-/m1/s1. The first-order valence-electron chi connectivity index (χ1n) is 13.6. The Morgan fingerprint density at radius 2 is 1.85 bits per heavy atom.